The summed E-state index contributed by atoms with van der Waals surface area (Å²) in [5.41, 5.74) is 6.46. The van der Waals surface area contributed by atoms with E-state index in [9.17, 15) is 0 Å². The van der Waals surface area contributed by atoms with Crippen molar-refractivity contribution in [2.24, 2.45) is 5.73 Å². The van der Waals surface area contributed by atoms with Crippen molar-refractivity contribution in [3.63, 3.8) is 0 Å². The maximum absolute atomic E-state index is 6.04. The van der Waals surface area contributed by atoms with Gasteiger partial charge in [-0.2, -0.15) is 0 Å². The molecule has 2 aromatic carbocycles. The zero-order valence-corrected chi connectivity index (χ0v) is 11.6. The molecule has 0 aliphatic rings. The summed E-state index contributed by atoms with van der Waals surface area (Å²) in [6.07, 6.45) is 0. The van der Waals surface area contributed by atoms with E-state index in [-0.39, 0.29) is 0 Å². The molecule has 2 rings (SSSR count). The predicted molar refractivity (Wildman–Crippen MR) is 75.9 cm³/mol. The monoisotopic (exact) mass is 301 g/mol. The Hall–Kier alpha value is -0.930. The molecule has 0 saturated heterocycles. The molecule has 0 atom stereocenters. The number of rotatable bonds is 3. The molecule has 0 radical (unpaired) electrons. The zero-order valence-electron chi connectivity index (χ0n) is 9.29. The van der Waals surface area contributed by atoms with Crippen molar-refractivity contribution in [3.8, 4) is 11.5 Å². The van der Waals surface area contributed by atoms with Gasteiger partial charge in [-0.1, -0.05) is 34.8 Å². The Balaban J connectivity index is 2.33. The van der Waals surface area contributed by atoms with Crippen molar-refractivity contribution in [3.05, 3.63) is 57.0 Å². The Morgan fingerprint density at radius 3 is 2.11 bits per heavy atom. The first-order chi connectivity index (χ1) is 8.60. The number of benzene rings is 2. The summed E-state index contributed by atoms with van der Waals surface area (Å²) in [6.45, 7) is 0.334. The Kier molecular flexibility index (Phi) is 4.36. The smallest absolute Gasteiger partial charge is 0.146 e. The van der Waals surface area contributed by atoms with E-state index in [0.717, 1.165) is 5.56 Å². The van der Waals surface area contributed by atoms with E-state index in [0.29, 0.717) is 33.1 Å². The molecular formula is C13H10Cl3NO. The molecule has 0 unspecified atom stereocenters. The third-order valence-corrected chi connectivity index (χ3v) is 3.12. The van der Waals surface area contributed by atoms with Crippen LogP contribution in [0.4, 0.5) is 0 Å². The molecule has 0 aromatic heterocycles. The quantitative estimate of drug-likeness (QED) is 0.875. The first-order valence-electron chi connectivity index (χ1n) is 5.21. The predicted octanol–water partition coefficient (Wildman–Crippen LogP) is 4.90. The highest BCUT2D eigenvalue weighted by atomic mass is 35.5. The van der Waals surface area contributed by atoms with E-state index in [4.69, 9.17) is 45.3 Å². The lowest BCUT2D eigenvalue weighted by Crippen LogP contribution is -1.99. The van der Waals surface area contributed by atoms with Crippen LogP contribution in [0.1, 0.15) is 5.56 Å². The van der Waals surface area contributed by atoms with Gasteiger partial charge in [-0.15, -0.1) is 0 Å². The molecule has 0 fully saturated rings. The number of ether oxygens (including phenoxy) is 1. The van der Waals surface area contributed by atoms with Crippen LogP contribution < -0.4 is 10.5 Å². The van der Waals surface area contributed by atoms with Crippen LogP contribution in [0.2, 0.25) is 15.1 Å². The summed E-state index contributed by atoms with van der Waals surface area (Å²) < 4.78 is 5.71. The summed E-state index contributed by atoms with van der Waals surface area (Å²) in [6, 6.07) is 10.3. The molecule has 0 aliphatic carbocycles. The summed E-state index contributed by atoms with van der Waals surface area (Å²) in [5.74, 6) is 1.16. The van der Waals surface area contributed by atoms with Gasteiger partial charge in [0, 0.05) is 22.2 Å². The first kappa shape index (κ1) is 13.5. The van der Waals surface area contributed by atoms with Crippen LogP contribution in [-0.4, -0.2) is 0 Å². The largest absolute Gasteiger partial charge is 0.455 e. The van der Waals surface area contributed by atoms with Crippen molar-refractivity contribution in [2.75, 3.05) is 0 Å². The molecule has 18 heavy (non-hydrogen) atoms. The van der Waals surface area contributed by atoms with Crippen molar-refractivity contribution in [2.45, 2.75) is 6.54 Å². The Morgan fingerprint density at radius 2 is 1.50 bits per heavy atom. The maximum atomic E-state index is 6.04. The van der Waals surface area contributed by atoms with Crippen LogP contribution in [0.3, 0.4) is 0 Å². The van der Waals surface area contributed by atoms with Gasteiger partial charge in [-0.05, 0) is 36.4 Å². The molecule has 0 aliphatic heterocycles. The van der Waals surface area contributed by atoms with Crippen LogP contribution in [0.15, 0.2) is 36.4 Å². The number of halogens is 3. The van der Waals surface area contributed by atoms with Crippen LogP contribution in [0, 0.1) is 0 Å². The van der Waals surface area contributed by atoms with Gasteiger partial charge in [-0.25, -0.2) is 0 Å². The second-order valence-corrected chi connectivity index (χ2v) is 4.91. The van der Waals surface area contributed by atoms with Crippen molar-refractivity contribution >= 4 is 34.8 Å². The SMILES string of the molecule is NCc1cc(Cl)ccc1Oc1ccc(Cl)cc1Cl. The Labute approximate surface area is 120 Å². The fraction of sp³-hybridized carbons (Fsp3) is 0.0769. The minimum Gasteiger partial charge on any atom is -0.455 e. The minimum absolute atomic E-state index is 0.334. The summed E-state index contributed by atoms with van der Waals surface area (Å²) in [7, 11) is 0. The average molecular weight is 303 g/mol. The fourth-order valence-corrected chi connectivity index (χ4v) is 2.13. The lowest BCUT2D eigenvalue weighted by Gasteiger charge is -2.11. The van der Waals surface area contributed by atoms with Gasteiger partial charge in [0.25, 0.3) is 0 Å². The van der Waals surface area contributed by atoms with Gasteiger partial charge in [0.1, 0.15) is 11.5 Å². The molecule has 0 bridgehead atoms. The molecular weight excluding hydrogens is 293 g/mol. The van der Waals surface area contributed by atoms with Crippen LogP contribution in [-0.2, 0) is 6.54 Å². The number of nitrogens with two attached hydrogens (primary N) is 1. The van der Waals surface area contributed by atoms with Gasteiger partial charge >= 0.3 is 0 Å². The van der Waals surface area contributed by atoms with Gasteiger partial charge in [0.05, 0.1) is 5.02 Å². The third kappa shape index (κ3) is 3.09. The number of hydrogen-bond donors (Lipinski definition) is 1. The second-order valence-electron chi connectivity index (χ2n) is 3.63. The zero-order chi connectivity index (χ0) is 13.1. The lowest BCUT2D eigenvalue weighted by molar-refractivity contribution is 0.476. The molecule has 0 saturated carbocycles. The van der Waals surface area contributed by atoms with E-state index in [1.807, 2.05) is 0 Å². The van der Waals surface area contributed by atoms with Crippen molar-refractivity contribution in [1.82, 2.24) is 0 Å². The summed E-state index contributed by atoms with van der Waals surface area (Å²) in [4.78, 5) is 0. The summed E-state index contributed by atoms with van der Waals surface area (Å²) >= 11 is 17.8. The highest BCUT2D eigenvalue weighted by molar-refractivity contribution is 6.35. The Morgan fingerprint density at radius 1 is 0.889 bits per heavy atom. The molecule has 2 nitrogen and oxygen atoms in total. The van der Waals surface area contributed by atoms with Crippen molar-refractivity contribution in [1.29, 1.82) is 0 Å². The topological polar surface area (TPSA) is 35.2 Å². The standard InChI is InChI=1S/C13H10Cl3NO/c14-9-1-3-12(8(5-9)7-17)18-13-4-2-10(15)6-11(13)16/h1-6H,7,17H2. The van der Waals surface area contributed by atoms with Crippen LogP contribution >= 0.6 is 34.8 Å². The average Bonchev–Trinajstić information content (AvgIpc) is 2.34. The minimum atomic E-state index is 0.334. The van der Waals surface area contributed by atoms with Crippen LogP contribution in [0.5, 0.6) is 11.5 Å². The molecule has 5 heteroatoms. The molecule has 2 aromatic rings. The maximum Gasteiger partial charge on any atom is 0.146 e. The first-order valence-corrected chi connectivity index (χ1v) is 6.35. The molecule has 0 heterocycles. The fourth-order valence-electron chi connectivity index (χ4n) is 1.48. The summed E-state index contributed by atoms with van der Waals surface area (Å²) in [5, 5.41) is 1.62. The van der Waals surface area contributed by atoms with Gasteiger partial charge in [-0.3, -0.25) is 0 Å². The van der Waals surface area contributed by atoms with Gasteiger partial charge in [0.2, 0.25) is 0 Å². The molecule has 0 spiro atoms. The molecule has 2 N–H and O–H groups in total. The number of hydrogen-bond acceptors (Lipinski definition) is 2. The van der Waals surface area contributed by atoms with Crippen molar-refractivity contribution < 1.29 is 4.74 Å². The molecule has 94 valence electrons. The highest BCUT2D eigenvalue weighted by Gasteiger charge is 2.08. The second kappa shape index (κ2) is 5.81. The Bertz CT molecular complexity index is 572. The lowest BCUT2D eigenvalue weighted by atomic mass is 10.2. The van der Waals surface area contributed by atoms with E-state index in [2.05, 4.69) is 0 Å². The van der Waals surface area contributed by atoms with Gasteiger partial charge < -0.3 is 10.5 Å². The highest BCUT2D eigenvalue weighted by Crippen LogP contribution is 2.33. The third-order valence-electron chi connectivity index (χ3n) is 2.36. The van der Waals surface area contributed by atoms with Crippen LogP contribution in [0.25, 0.3) is 0 Å². The van der Waals surface area contributed by atoms with Gasteiger partial charge in [0.15, 0.2) is 0 Å². The van der Waals surface area contributed by atoms with E-state index in [1.54, 1.807) is 36.4 Å². The van der Waals surface area contributed by atoms with E-state index < -0.39 is 0 Å². The molecule has 0 amide bonds. The van der Waals surface area contributed by atoms with E-state index >= 15 is 0 Å². The normalized spacial score (nSPS) is 10.4. The van der Waals surface area contributed by atoms with E-state index in [1.165, 1.54) is 0 Å².